The van der Waals surface area contributed by atoms with Gasteiger partial charge < -0.3 is 19.9 Å². The van der Waals surface area contributed by atoms with Crippen molar-refractivity contribution in [2.24, 2.45) is 5.92 Å². The van der Waals surface area contributed by atoms with Crippen molar-refractivity contribution in [3.8, 4) is 0 Å². The molecule has 0 aromatic carbocycles. The molecule has 144 valence electrons. The van der Waals surface area contributed by atoms with Crippen LogP contribution >= 0.6 is 0 Å². The third kappa shape index (κ3) is 4.00. The molecular formula is C18H29N5O3. The number of urea groups is 1. The smallest absolute Gasteiger partial charge is 0.317 e. The van der Waals surface area contributed by atoms with Crippen LogP contribution in [0.15, 0.2) is 12.3 Å². The predicted molar refractivity (Wildman–Crippen MR) is 96.9 cm³/mol. The highest BCUT2D eigenvalue weighted by Crippen LogP contribution is 2.26. The Hall–Kier alpha value is -2.09. The molecule has 2 atom stereocenters. The van der Waals surface area contributed by atoms with Gasteiger partial charge in [0.2, 0.25) is 0 Å². The molecule has 1 aromatic rings. The fraction of sp³-hybridized carbons (Fsp3) is 0.722. The number of amides is 3. The second-order valence-corrected chi connectivity index (χ2v) is 6.92. The number of aryl methyl sites for hydroxylation is 1. The van der Waals surface area contributed by atoms with Crippen molar-refractivity contribution >= 4 is 11.9 Å². The molecule has 8 heteroatoms. The topological polar surface area (TPSA) is 79.7 Å². The molecule has 2 saturated heterocycles. The van der Waals surface area contributed by atoms with Crippen molar-refractivity contribution in [1.82, 2.24) is 24.9 Å². The number of hydrogen-bond donors (Lipinski definition) is 1. The van der Waals surface area contributed by atoms with E-state index in [0.29, 0.717) is 45.1 Å². The van der Waals surface area contributed by atoms with Gasteiger partial charge in [-0.15, -0.1) is 0 Å². The number of piperidine rings is 1. The molecule has 0 unspecified atom stereocenters. The van der Waals surface area contributed by atoms with Crippen molar-refractivity contribution in [3.05, 3.63) is 18.0 Å². The van der Waals surface area contributed by atoms with E-state index in [2.05, 4.69) is 10.4 Å². The van der Waals surface area contributed by atoms with Gasteiger partial charge in [0.25, 0.3) is 5.91 Å². The lowest BCUT2D eigenvalue weighted by atomic mass is 9.91. The van der Waals surface area contributed by atoms with Crippen molar-refractivity contribution in [1.29, 1.82) is 0 Å². The Morgan fingerprint density at radius 2 is 2.19 bits per heavy atom. The van der Waals surface area contributed by atoms with Crippen molar-refractivity contribution in [2.45, 2.75) is 39.3 Å². The number of nitrogens with zero attached hydrogens (tertiary/aromatic N) is 4. The SMILES string of the molecule is CCCNC(=O)N1CCOC[C@H]2CN(C(=O)c3ccn(CC)n3)CC[C@H]21. The number of ether oxygens (including phenoxy) is 1. The van der Waals surface area contributed by atoms with Crippen LogP contribution in [0.4, 0.5) is 4.79 Å². The Labute approximate surface area is 154 Å². The molecule has 0 bridgehead atoms. The van der Waals surface area contributed by atoms with Gasteiger partial charge in [-0.05, 0) is 25.8 Å². The van der Waals surface area contributed by atoms with E-state index in [4.69, 9.17) is 4.74 Å². The van der Waals surface area contributed by atoms with E-state index in [1.54, 1.807) is 10.7 Å². The minimum atomic E-state index is -0.0399. The largest absolute Gasteiger partial charge is 0.379 e. The van der Waals surface area contributed by atoms with Crippen molar-refractivity contribution in [3.63, 3.8) is 0 Å². The molecular weight excluding hydrogens is 334 g/mol. The van der Waals surface area contributed by atoms with Gasteiger partial charge in [-0.2, -0.15) is 5.10 Å². The van der Waals surface area contributed by atoms with Gasteiger partial charge in [-0.1, -0.05) is 6.92 Å². The summed E-state index contributed by atoms with van der Waals surface area (Å²) in [5.74, 6) is 0.0951. The monoisotopic (exact) mass is 363 g/mol. The molecule has 2 aliphatic heterocycles. The van der Waals surface area contributed by atoms with E-state index in [9.17, 15) is 9.59 Å². The Morgan fingerprint density at radius 1 is 1.35 bits per heavy atom. The maximum atomic E-state index is 12.8. The fourth-order valence-electron chi connectivity index (χ4n) is 3.74. The molecule has 3 amide bonds. The lowest BCUT2D eigenvalue weighted by Gasteiger charge is -2.41. The lowest BCUT2D eigenvalue weighted by Crippen LogP contribution is -2.56. The third-order valence-electron chi connectivity index (χ3n) is 5.16. The van der Waals surface area contributed by atoms with Gasteiger partial charge in [0.05, 0.1) is 13.2 Å². The number of likely N-dealkylation sites (tertiary alicyclic amines) is 1. The number of carbonyl (C=O) groups is 2. The molecule has 0 spiro atoms. The standard InChI is InChI=1S/C18H29N5O3/c1-3-7-19-18(25)23-10-11-26-13-14-12-21(8-6-16(14)23)17(24)15-5-9-22(4-2)20-15/h5,9,14,16H,3-4,6-8,10-13H2,1-2H3,(H,19,25)/t14-,16-/m1/s1. The third-order valence-corrected chi connectivity index (χ3v) is 5.16. The predicted octanol–water partition coefficient (Wildman–Crippen LogP) is 1.19. The zero-order valence-corrected chi connectivity index (χ0v) is 15.7. The number of carbonyl (C=O) groups excluding carboxylic acids is 2. The highest BCUT2D eigenvalue weighted by atomic mass is 16.5. The number of aromatic nitrogens is 2. The zero-order valence-electron chi connectivity index (χ0n) is 15.7. The van der Waals surface area contributed by atoms with Gasteiger partial charge in [-0.25, -0.2) is 4.79 Å². The molecule has 3 heterocycles. The van der Waals surface area contributed by atoms with E-state index in [0.717, 1.165) is 19.4 Å². The lowest BCUT2D eigenvalue weighted by molar-refractivity contribution is 0.0426. The Kier molecular flexibility index (Phi) is 6.13. The summed E-state index contributed by atoms with van der Waals surface area (Å²) in [6.07, 6.45) is 3.51. The summed E-state index contributed by atoms with van der Waals surface area (Å²) in [6.45, 7) is 8.41. The van der Waals surface area contributed by atoms with Crippen LogP contribution in [-0.4, -0.2) is 77.0 Å². The molecule has 0 radical (unpaired) electrons. The first-order chi connectivity index (χ1) is 12.6. The van der Waals surface area contributed by atoms with Crippen LogP contribution in [-0.2, 0) is 11.3 Å². The van der Waals surface area contributed by atoms with E-state index in [-0.39, 0.29) is 23.9 Å². The Bertz CT molecular complexity index is 632. The Morgan fingerprint density at radius 3 is 2.92 bits per heavy atom. The highest BCUT2D eigenvalue weighted by molar-refractivity contribution is 5.92. The summed E-state index contributed by atoms with van der Waals surface area (Å²) in [5.41, 5.74) is 0.484. The molecule has 0 saturated carbocycles. The van der Waals surface area contributed by atoms with Crippen LogP contribution in [0, 0.1) is 5.92 Å². The number of hydrogen-bond acceptors (Lipinski definition) is 4. The first-order valence-corrected chi connectivity index (χ1v) is 9.59. The summed E-state index contributed by atoms with van der Waals surface area (Å²) in [4.78, 5) is 29.0. The van der Waals surface area contributed by atoms with E-state index >= 15 is 0 Å². The maximum absolute atomic E-state index is 12.8. The zero-order chi connectivity index (χ0) is 18.5. The molecule has 0 aliphatic carbocycles. The Balaban J connectivity index is 1.67. The summed E-state index contributed by atoms with van der Waals surface area (Å²) < 4.78 is 7.48. The van der Waals surface area contributed by atoms with E-state index in [1.165, 1.54) is 0 Å². The number of fused-ring (bicyclic) bond motifs is 1. The molecule has 8 nitrogen and oxygen atoms in total. The van der Waals surface area contributed by atoms with Gasteiger partial charge in [0, 0.05) is 50.9 Å². The molecule has 1 aromatic heterocycles. The van der Waals surface area contributed by atoms with Gasteiger partial charge in [-0.3, -0.25) is 9.48 Å². The van der Waals surface area contributed by atoms with Crippen LogP contribution in [0.5, 0.6) is 0 Å². The number of nitrogens with one attached hydrogen (secondary N) is 1. The molecule has 26 heavy (non-hydrogen) atoms. The normalized spacial score (nSPS) is 23.3. The highest BCUT2D eigenvalue weighted by Gasteiger charge is 2.39. The minimum Gasteiger partial charge on any atom is -0.379 e. The molecule has 2 fully saturated rings. The van der Waals surface area contributed by atoms with Crippen molar-refractivity contribution in [2.75, 3.05) is 39.4 Å². The van der Waals surface area contributed by atoms with Crippen LogP contribution in [0.25, 0.3) is 0 Å². The average Bonchev–Trinajstić information content (AvgIpc) is 3.05. The first-order valence-electron chi connectivity index (χ1n) is 9.59. The quantitative estimate of drug-likeness (QED) is 0.871. The van der Waals surface area contributed by atoms with Crippen LogP contribution in [0.3, 0.4) is 0 Å². The minimum absolute atomic E-state index is 0.0196. The van der Waals surface area contributed by atoms with E-state index < -0.39 is 0 Å². The van der Waals surface area contributed by atoms with Crippen molar-refractivity contribution < 1.29 is 14.3 Å². The summed E-state index contributed by atoms with van der Waals surface area (Å²) in [5, 5.41) is 7.29. The summed E-state index contributed by atoms with van der Waals surface area (Å²) in [7, 11) is 0. The van der Waals surface area contributed by atoms with Gasteiger partial charge >= 0.3 is 6.03 Å². The molecule has 3 rings (SSSR count). The first kappa shape index (κ1) is 18.7. The van der Waals surface area contributed by atoms with Crippen LogP contribution in [0.2, 0.25) is 0 Å². The second-order valence-electron chi connectivity index (χ2n) is 6.92. The molecule has 1 N–H and O–H groups in total. The van der Waals surface area contributed by atoms with Crippen LogP contribution in [0.1, 0.15) is 37.2 Å². The average molecular weight is 363 g/mol. The fourth-order valence-corrected chi connectivity index (χ4v) is 3.74. The summed E-state index contributed by atoms with van der Waals surface area (Å²) in [6, 6.07) is 1.87. The second kappa shape index (κ2) is 8.53. The number of rotatable bonds is 4. The van der Waals surface area contributed by atoms with E-state index in [1.807, 2.05) is 29.8 Å². The van der Waals surface area contributed by atoms with Gasteiger partial charge in [0.15, 0.2) is 0 Å². The summed E-state index contributed by atoms with van der Waals surface area (Å²) >= 11 is 0. The maximum Gasteiger partial charge on any atom is 0.317 e. The van der Waals surface area contributed by atoms with Gasteiger partial charge in [0.1, 0.15) is 5.69 Å². The molecule has 2 aliphatic rings. The van der Waals surface area contributed by atoms with Crippen LogP contribution < -0.4 is 5.32 Å².